The summed E-state index contributed by atoms with van der Waals surface area (Å²) in [7, 11) is 0. The molecule has 1 aromatic carbocycles. The van der Waals surface area contributed by atoms with Crippen LogP contribution in [-0.4, -0.2) is 15.1 Å². The van der Waals surface area contributed by atoms with Crippen LogP contribution in [0.15, 0.2) is 39.8 Å². The number of nitrogens with zero attached hydrogens (tertiary/aromatic N) is 1. The first kappa shape index (κ1) is 8.05. The third-order valence-electron chi connectivity index (χ3n) is 2.27. The number of fused-ring (bicyclic) bond motifs is 1. The molecule has 0 aliphatic carbocycles. The van der Waals surface area contributed by atoms with Crippen LogP contribution in [0.25, 0.3) is 22.3 Å². The van der Waals surface area contributed by atoms with Crippen LogP contribution in [0.3, 0.4) is 0 Å². The molecule has 0 spiro atoms. The lowest BCUT2D eigenvalue weighted by atomic mass is 10.1. The van der Waals surface area contributed by atoms with Gasteiger partial charge in [-0.25, -0.2) is 4.79 Å². The zero-order valence-corrected chi connectivity index (χ0v) is 7.65. The number of aromatic nitrogens is 3. The Hall–Kier alpha value is -2.30. The molecule has 2 heterocycles. The van der Waals surface area contributed by atoms with Gasteiger partial charge in [0.15, 0.2) is 5.82 Å². The molecule has 0 atom stereocenters. The Bertz CT molecular complexity index is 662. The largest absolute Gasteiger partial charge is 0.439 e. The van der Waals surface area contributed by atoms with Gasteiger partial charge >= 0.3 is 5.76 Å². The minimum absolute atomic E-state index is 0.441. The molecule has 2 aromatic heterocycles. The molecule has 0 amide bonds. The van der Waals surface area contributed by atoms with E-state index in [9.17, 15) is 4.79 Å². The molecule has 74 valence electrons. The van der Waals surface area contributed by atoms with Gasteiger partial charge in [-0.1, -0.05) is 17.3 Å². The molecule has 0 saturated heterocycles. The van der Waals surface area contributed by atoms with Crippen LogP contribution in [0.4, 0.5) is 0 Å². The highest BCUT2D eigenvalue weighted by molar-refractivity contribution is 5.83. The molecule has 0 radical (unpaired) electrons. The molecule has 5 nitrogen and oxygen atoms in total. The molecule has 0 unspecified atom stereocenters. The van der Waals surface area contributed by atoms with E-state index in [2.05, 4.69) is 19.6 Å². The molecule has 15 heavy (non-hydrogen) atoms. The second-order valence-electron chi connectivity index (χ2n) is 3.22. The lowest BCUT2D eigenvalue weighted by molar-refractivity contribution is 0.388. The smallest absolute Gasteiger partial charge is 0.361 e. The van der Waals surface area contributed by atoms with E-state index in [1.807, 2.05) is 30.5 Å². The fraction of sp³-hybridized carbons (Fsp3) is 0. The summed E-state index contributed by atoms with van der Waals surface area (Å²) < 4.78 is 4.44. The number of H-pyrrole nitrogens is 2. The van der Waals surface area contributed by atoms with Gasteiger partial charge in [0.25, 0.3) is 0 Å². The lowest BCUT2D eigenvalue weighted by Gasteiger charge is -1.94. The summed E-state index contributed by atoms with van der Waals surface area (Å²) in [6, 6.07) is 7.71. The van der Waals surface area contributed by atoms with Crippen molar-refractivity contribution < 1.29 is 4.52 Å². The van der Waals surface area contributed by atoms with Gasteiger partial charge in [-0.2, -0.15) is 0 Å². The molecule has 2 N–H and O–H groups in total. The maximum absolute atomic E-state index is 10.8. The topological polar surface area (TPSA) is 74.7 Å². The standard InChI is InChI=1S/C10H7N3O2/c14-10-12-9(13-15-10)7-2-1-6-3-4-11-8(6)5-7/h1-5,11H,(H,12,13,14). The second kappa shape index (κ2) is 2.84. The van der Waals surface area contributed by atoms with Gasteiger partial charge in [-0.3, -0.25) is 9.51 Å². The van der Waals surface area contributed by atoms with Crippen molar-refractivity contribution in [3.63, 3.8) is 0 Å². The van der Waals surface area contributed by atoms with Crippen LogP contribution < -0.4 is 5.76 Å². The zero-order valence-electron chi connectivity index (χ0n) is 7.65. The maximum atomic E-state index is 10.8. The molecular weight excluding hydrogens is 194 g/mol. The average molecular weight is 201 g/mol. The predicted molar refractivity (Wildman–Crippen MR) is 54.4 cm³/mol. The molecular formula is C10H7N3O2. The van der Waals surface area contributed by atoms with Gasteiger partial charge in [0.2, 0.25) is 0 Å². The highest BCUT2D eigenvalue weighted by Crippen LogP contribution is 2.19. The van der Waals surface area contributed by atoms with E-state index in [1.54, 1.807) is 0 Å². The van der Waals surface area contributed by atoms with Gasteiger partial charge in [0.05, 0.1) is 0 Å². The van der Waals surface area contributed by atoms with Crippen molar-refractivity contribution in [2.75, 3.05) is 0 Å². The van der Waals surface area contributed by atoms with Gasteiger partial charge in [0, 0.05) is 17.3 Å². The van der Waals surface area contributed by atoms with E-state index < -0.39 is 5.76 Å². The van der Waals surface area contributed by atoms with Crippen LogP contribution in [0.1, 0.15) is 0 Å². The van der Waals surface area contributed by atoms with Crippen LogP contribution in [0.5, 0.6) is 0 Å². The minimum Gasteiger partial charge on any atom is -0.361 e. The average Bonchev–Trinajstić information content (AvgIpc) is 2.84. The summed E-state index contributed by atoms with van der Waals surface area (Å²) >= 11 is 0. The first-order valence-corrected chi connectivity index (χ1v) is 4.46. The molecule has 5 heteroatoms. The highest BCUT2D eigenvalue weighted by atomic mass is 16.5. The van der Waals surface area contributed by atoms with Crippen LogP contribution in [0.2, 0.25) is 0 Å². The van der Waals surface area contributed by atoms with Crippen LogP contribution in [0, 0.1) is 0 Å². The van der Waals surface area contributed by atoms with Crippen molar-refractivity contribution in [3.8, 4) is 11.4 Å². The fourth-order valence-corrected chi connectivity index (χ4v) is 1.55. The number of hydrogen-bond acceptors (Lipinski definition) is 3. The minimum atomic E-state index is -0.545. The number of benzene rings is 1. The third-order valence-corrected chi connectivity index (χ3v) is 2.27. The van der Waals surface area contributed by atoms with Crippen LogP contribution in [-0.2, 0) is 0 Å². The monoisotopic (exact) mass is 201 g/mol. The Morgan fingerprint density at radius 1 is 1.27 bits per heavy atom. The Morgan fingerprint density at radius 2 is 2.20 bits per heavy atom. The number of hydrogen-bond donors (Lipinski definition) is 2. The van der Waals surface area contributed by atoms with Crippen LogP contribution >= 0.6 is 0 Å². The van der Waals surface area contributed by atoms with Crippen molar-refractivity contribution in [3.05, 3.63) is 41.0 Å². The van der Waals surface area contributed by atoms with E-state index in [0.717, 1.165) is 16.5 Å². The van der Waals surface area contributed by atoms with Gasteiger partial charge in [0.1, 0.15) is 0 Å². The Morgan fingerprint density at radius 3 is 3.00 bits per heavy atom. The van der Waals surface area contributed by atoms with Gasteiger partial charge in [-0.15, -0.1) is 0 Å². The van der Waals surface area contributed by atoms with Crippen molar-refractivity contribution in [2.45, 2.75) is 0 Å². The molecule has 0 bridgehead atoms. The number of nitrogens with one attached hydrogen (secondary N) is 2. The Kier molecular flexibility index (Phi) is 1.53. The predicted octanol–water partition coefficient (Wildman–Crippen LogP) is 1.51. The third kappa shape index (κ3) is 1.25. The summed E-state index contributed by atoms with van der Waals surface area (Å²) in [6.45, 7) is 0. The summed E-state index contributed by atoms with van der Waals surface area (Å²) in [5, 5.41) is 4.74. The molecule has 0 aliphatic rings. The molecule has 3 aromatic rings. The summed E-state index contributed by atoms with van der Waals surface area (Å²) in [6.07, 6.45) is 1.86. The quantitative estimate of drug-likeness (QED) is 0.626. The molecule has 0 fully saturated rings. The molecule has 0 saturated carbocycles. The van der Waals surface area contributed by atoms with Gasteiger partial charge in [-0.05, 0) is 17.5 Å². The summed E-state index contributed by atoms with van der Waals surface area (Å²) in [4.78, 5) is 16.4. The van der Waals surface area contributed by atoms with E-state index in [4.69, 9.17) is 0 Å². The van der Waals surface area contributed by atoms with E-state index in [0.29, 0.717) is 5.82 Å². The fourth-order valence-electron chi connectivity index (χ4n) is 1.55. The molecule has 3 rings (SSSR count). The summed E-state index contributed by atoms with van der Waals surface area (Å²) in [5.74, 6) is -0.104. The van der Waals surface area contributed by atoms with E-state index >= 15 is 0 Å². The first-order valence-electron chi connectivity index (χ1n) is 4.46. The lowest BCUT2D eigenvalue weighted by Crippen LogP contribution is -1.94. The summed E-state index contributed by atoms with van der Waals surface area (Å²) in [5.41, 5.74) is 1.81. The van der Waals surface area contributed by atoms with Crippen molar-refractivity contribution >= 4 is 10.9 Å². The van der Waals surface area contributed by atoms with E-state index in [-0.39, 0.29) is 0 Å². The number of rotatable bonds is 1. The van der Waals surface area contributed by atoms with Gasteiger partial charge < -0.3 is 4.98 Å². The number of aromatic amines is 2. The normalized spacial score (nSPS) is 10.9. The van der Waals surface area contributed by atoms with Crippen molar-refractivity contribution in [1.82, 2.24) is 15.1 Å². The molecule has 0 aliphatic heterocycles. The zero-order chi connectivity index (χ0) is 10.3. The first-order chi connectivity index (χ1) is 7.33. The van der Waals surface area contributed by atoms with E-state index in [1.165, 1.54) is 0 Å². The van der Waals surface area contributed by atoms with Crippen molar-refractivity contribution in [2.24, 2.45) is 0 Å². The highest BCUT2D eigenvalue weighted by Gasteiger charge is 2.04. The Labute approximate surface area is 83.7 Å². The maximum Gasteiger partial charge on any atom is 0.439 e. The second-order valence-corrected chi connectivity index (χ2v) is 3.22. The SMILES string of the molecule is O=c1[nH]c(-c2ccc3cc[nH]c3c2)no1. The van der Waals surface area contributed by atoms with Crippen molar-refractivity contribution in [1.29, 1.82) is 0 Å². The Balaban J connectivity index is 2.22.